The number of carbonyl (C=O) groups is 1. The second-order valence-corrected chi connectivity index (χ2v) is 6.13. The van der Waals surface area contributed by atoms with Crippen LogP contribution in [0.25, 0.3) is 0 Å². The van der Waals surface area contributed by atoms with Crippen LogP contribution in [0.15, 0.2) is 24.3 Å². The summed E-state index contributed by atoms with van der Waals surface area (Å²) in [5, 5.41) is 17.6. The molecule has 1 aromatic heterocycles. The van der Waals surface area contributed by atoms with Crippen LogP contribution in [0.1, 0.15) is 29.4 Å². The van der Waals surface area contributed by atoms with Crippen LogP contribution in [0.2, 0.25) is 0 Å². The number of aromatic nitrogens is 2. The van der Waals surface area contributed by atoms with E-state index < -0.39 is 17.3 Å². The van der Waals surface area contributed by atoms with Crippen molar-refractivity contribution in [1.82, 2.24) is 15.1 Å². The van der Waals surface area contributed by atoms with Crippen LogP contribution in [0.3, 0.4) is 0 Å². The lowest BCUT2D eigenvalue weighted by Gasteiger charge is -2.23. The Bertz CT molecular complexity index is 756. The van der Waals surface area contributed by atoms with Crippen molar-refractivity contribution in [3.8, 4) is 0 Å². The number of hydrogen-bond donors (Lipinski definition) is 2. The maximum Gasteiger partial charge on any atom is 0.256 e. The van der Waals surface area contributed by atoms with Crippen LogP contribution in [-0.4, -0.2) is 34.5 Å². The Balaban J connectivity index is 2.10. The van der Waals surface area contributed by atoms with Crippen molar-refractivity contribution in [2.45, 2.75) is 39.5 Å². The first-order valence-corrected chi connectivity index (χ1v) is 8.06. The minimum absolute atomic E-state index is 0.203. The van der Waals surface area contributed by atoms with Crippen molar-refractivity contribution >= 4 is 5.91 Å². The van der Waals surface area contributed by atoms with Gasteiger partial charge in [0.05, 0.1) is 18.8 Å². The molecule has 1 aromatic carbocycles. The standard InChI is InChI=1S/C18H24FN3O3/c1-12-16(13(2)22(21-12)8-9-25-4)11-20-17(23)18(3,24)14-6-5-7-15(19)10-14/h5-7,10,24H,8-9,11H2,1-4H3,(H,20,23)/t18-/m1/s1. The van der Waals surface area contributed by atoms with E-state index in [2.05, 4.69) is 10.4 Å². The van der Waals surface area contributed by atoms with Crippen molar-refractivity contribution < 1.29 is 19.0 Å². The molecule has 0 radical (unpaired) electrons. The second-order valence-electron chi connectivity index (χ2n) is 6.13. The quantitative estimate of drug-likeness (QED) is 0.799. The molecule has 0 aliphatic carbocycles. The Kier molecular flexibility index (Phi) is 5.92. The SMILES string of the molecule is COCCn1nc(C)c(CNC(=O)[C@](C)(O)c2cccc(F)c2)c1C. The summed E-state index contributed by atoms with van der Waals surface area (Å²) >= 11 is 0. The van der Waals surface area contributed by atoms with Crippen molar-refractivity contribution in [3.63, 3.8) is 0 Å². The molecule has 0 spiro atoms. The molecule has 2 N–H and O–H groups in total. The van der Waals surface area contributed by atoms with Gasteiger partial charge in [-0.05, 0) is 38.5 Å². The normalized spacial score (nSPS) is 13.5. The summed E-state index contributed by atoms with van der Waals surface area (Å²) in [4.78, 5) is 12.4. The van der Waals surface area contributed by atoms with Crippen LogP contribution in [0.5, 0.6) is 0 Å². The van der Waals surface area contributed by atoms with Crippen LogP contribution in [0.4, 0.5) is 4.39 Å². The number of amides is 1. The molecule has 0 bridgehead atoms. The van der Waals surface area contributed by atoms with Crippen molar-refractivity contribution in [3.05, 3.63) is 52.6 Å². The van der Waals surface area contributed by atoms with Gasteiger partial charge in [0.25, 0.3) is 5.91 Å². The number of carbonyl (C=O) groups excluding carboxylic acids is 1. The average Bonchev–Trinajstić information content (AvgIpc) is 2.84. The van der Waals surface area contributed by atoms with Gasteiger partial charge in [-0.15, -0.1) is 0 Å². The molecule has 7 heteroatoms. The highest BCUT2D eigenvalue weighted by molar-refractivity contribution is 5.85. The van der Waals surface area contributed by atoms with Gasteiger partial charge in [0.15, 0.2) is 5.60 Å². The van der Waals surface area contributed by atoms with E-state index in [1.807, 2.05) is 18.5 Å². The molecule has 0 fully saturated rings. The van der Waals surface area contributed by atoms with Gasteiger partial charge >= 0.3 is 0 Å². The predicted octanol–water partition coefficient (Wildman–Crippen LogP) is 1.81. The monoisotopic (exact) mass is 349 g/mol. The number of rotatable bonds is 7. The lowest BCUT2D eigenvalue weighted by atomic mass is 9.95. The molecule has 6 nitrogen and oxygen atoms in total. The average molecular weight is 349 g/mol. The molecular weight excluding hydrogens is 325 g/mol. The van der Waals surface area contributed by atoms with Crippen molar-refractivity contribution in [2.24, 2.45) is 0 Å². The van der Waals surface area contributed by atoms with Crippen LogP contribution >= 0.6 is 0 Å². The van der Waals surface area contributed by atoms with Crippen LogP contribution < -0.4 is 5.32 Å². The topological polar surface area (TPSA) is 76.4 Å². The third kappa shape index (κ3) is 4.24. The number of nitrogens with zero attached hydrogens (tertiary/aromatic N) is 2. The zero-order valence-electron chi connectivity index (χ0n) is 15.0. The molecule has 136 valence electrons. The highest BCUT2D eigenvalue weighted by atomic mass is 19.1. The molecule has 1 heterocycles. The van der Waals surface area contributed by atoms with E-state index in [1.54, 1.807) is 7.11 Å². The molecule has 2 aromatic rings. The molecular formula is C18H24FN3O3. The van der Waals surface area contributed by atoms with Gasteiger partial charge < -0.3 is 15.2 Å². The highest BCUT2D eigenvalue weighted by Crippen LogP contribution is 2.22. The molecule has 0 aliphatic rings. The Morgan fingerprint density at radius 2 is 2.16 bits per heavy atom. The molecule has 0 aliphatic heterocycles. The van der Waals surface area contributed by atoms with Gasteiger partial charge in [-0.3, -0.25) is 9.48 Å². The number of ether oxygens (including phenoxy) is 1. The number of aryl methyl sites for hydroxylation is 1. The number of nitrogens with one attached hydrogen (secondary N) is 1. The van der Waals surface area contributed by atoms with Gasteiger partial charge in [-0.25, -0.2) is 4.39 Å². The first-order valence-electron chi connectivity index (χ1n) is 8.06. The summed E-state index contributed by atoms with van der Waals surface area (Å²) < 4.78 is 20.2. The smallest absolute Gasteiger partial charge is 0.256 e. The summed E-state index contributed by atoms with van der Waals surface area (Å²) in [5.41, 5.74) is 1.00. The van der Waals surface area contributed by atoms with E-state index >= 15 is 0 Å². The lowest BCUT2D eigenvalue weighted by Crippen LogP contribution is -2.42. The zero-order chi connectivity index (χ0) is 18.6. The number of benzene rings is 1. The van der Waals surface area contributed by atoms with Crippen molar-refractivity contribution in [1.29, 1.82) is 0 Å². The summed E-state index contributed by atoms with van der Waals surface area (Å²) in [7, 11) is 1.63. The molecule has 25 heavy (non-hydrogen) atoms. The first kappa shape index (κ1) is 19.1. The number of hydrogen-bond acceptors (Lipinski definition) is 4. The Morgan fingerprint density at radius 3 is 2.80 bits per heavy atom. The number of aliphatic hydroxyl groups is 1. The fraction of sp³-hybridized carbons (Fsp3) is 0.444. The van der Waals surface area contributed by atoms with Crippen LogP contribution in [-0.2, 0) is 28.2 Å². The summed E-state index contributed by atoms with van der Waals surface area (Å²) in [6.45, 7) is 6.53. The summed E-state index contributed by atoms with van der Waals surface area (Å²) in [6, 6.07) is 5.39. The molecule has 2 rings (SSSR count). The maximum atomic E-state index is 13.4. The minimum atomic E-state index is -1.82. The Hall–Kier alpha value is -2.25. The molecule has 0 saturated carbocycles. The molecule has 0 unspecified atom stereocenters. The van der Waals surface area contributed by atoms with Gasteiger partial charge in [0.1, 0.15) is 5.82 Å². The lowest BCUT2D eigenvalue weighted by molar-refractivity contribution is -0.139. The number of halogens is 1. The third-order valence-electron chi connectivity index (χ3n) is 4.29. The fourth-order valence-corrected chi connectivity index (χ4v) is 2.65. The fourth-order valence-electron chi connectivity index (χ4n) is 2.65. The van der Waals surface area contributed by atoms with E-state index in [0.29, 0.717) is 13.2 Å². The molecule has 1 atom stereocenters. The van der Waals surface area contributed by atoms with Gasteiger partial charge in [0, 0.05) is 24.9 Å². The molecule has 0 saturated heterocycles. The van der Waals surface area contributed by atoms with Crippen LogP contribution in [0, 0.1) is 19.7 Å². The Labute approximate surface area is 146 Å². The Morgan fingerprint density at radius 1 is 1.44 bits per heavy atom. The molecule has 1 amide bonds. The van der Waals surface area contributed by atoms with Gasteiger partial charge in [-0.1, -0.05) is 12.1 Å². The summed E-state index contributed by atoms with van der Waals surface area (Å²) in [5.74, 6) is -1.10. The zero-order valence-corrected chi connectivity index (χ0v) is 15.0. The van der Waals surface area contributed by atoms with Gasteiger partial charge in [-0.2, -0.15) is 5.10 Å². The minimum Gasteiger partial charge on any atom is -0.383 e. The number of methoxy groups -OCH3 is 1. The largest absolute Gasteiger partial charge is 0.383 e. The van der Waals surface area contributed by atoms with Gasteiger partial charge in [0.2, 0.25) is 0 Å². The van der Waals surface area contributed by atoms with Crippen molar-refractivity contribution in [2.75, 3.05) is 13.7 Å². The first-order chi connectivity index (χ1) is 11.8. The highest BCUT2D eigenvalue weighted by Gasteiger charge is 2.32. The van der Waals surface area contributed by atoms with E-state index in [9.17, 15) is 14.3 Å². The van der Waals surface area contributed by atoms with E-state index in [1.165, 1.54) is 25.1 Å². The summed E-state index contributed by atoms with van der Waals surface area (Å²) in [6.07, 6.45) is 0. The second kappa shape index (κ2) is 7.76. The van der Waals surface area contributed by atoms with E-state index in [0.717, 1.165) is 23.0 Å². The third-order valence-corrected chi connectivity index (χ3v) is 4.29. The van der Waals surface area contributed by atoms with E-state index in [4.69, 9.17) is 4.74 Å². The predicted molar refractivity (Wildman–Crippen MR) is 91.4 cm³/mol. The maximum absolute atomic E-state index is 13.4. The van der Waals surface area contributed by atoms with E-state index in [-0.39, 0.29) is 12.1 Å².